The van der Waals surface area contributed by atoms with Gasteiger partial charge in [-0.2, -0.15) is 0 Å². The molecule has 1 aliphatic rings. The van der Waals surface area contributed by atoms with Gasteiger partial charge in [0.2, 0.25) is 0 Å². The standard InChI is InChI=1S/C23H28FN5O2/c1-15(2)14-28-9-7-16(8-10-28)12-25-23(31)19-13-26-29-21(30)11-20(27-22(19)29)17-3-5-18(24)6-4-17/h3-6,11,13,15-16,26H,7-10,12,14H2,1-2H3,(H,25,31). The van der Waals surface area contributed by atoms with Crippen molar-refractivity contribution in [3.8, 4) is 11.3 Å². The number of likely N-dealkylation sites (tertiary alicyclic amines) is 1. The summed E-state index contributed by atoms with van der Waals surface area (Å²) in [6.45, 7) is 8.30. The van der Waals surface area contributed by atoms with Crippen LogP contribution in [0, 0.1) is 17.7 Å². The zero-order chi connectivity index (χ0) is 22.0. The molecule has 0 saturated carbocycles. The third-order valence-electron chi connectivity index (χ3n) is 5.76. The molecule has 3 heterocycles. The molecule has 1 saturated heterocycles. The molecular formula is C23H28FN5O2. The number of rotatable bonds is 6. The van der Waals surface area contributed by atoms with E-state index in [-0.39, 0.29) is 22.9 Å². The first-order chi connectivity index (χ1) is 14.9. The summed E-state index contributed by atoms with van der Waals surface area (Å²) in [6, 6.07) is 7.12. The Morgan fingerprint density at radius 2 is 1.97 bits per heavy atom. The van der Waals surface area contributed by atoms with Crippen molar-refractivity contribution in [3.05, 3.63) is 58.3 Å². The third kappa shape index (κ3) is 4.85. The van der Waals surface area contributed by atoms with Crippen LogP contribution in [0.5, 0.6) is 0 Å². The van der Waals surface area contributed by atoms with Crippen molar-refractivity contribution in [1.29, 1.82) is 0 Å². The maximum absolute atomic E-state index is 13.2. The number of aromatic nitrogens is 3. The first-order valence-electron chi connectivity index (χ1n) is 10.8. The van der Waals surface area contributed by atoms with Crippen LogP contribution < -0.4 is 10.9 Å². The van der Waals surface area contributed by atoms with Crippen LogP contribution in [0.25, 0.3) is 16.9 Å². The van der Waals surface area contributed by atoms with Crippen LogP contribution in [-0.2, 0) is 0 Å². The smallest absolute Gasteiger partial charge is 0.273 e. The van der Waals surface area contributed by atoms with Crippen molar-refractivity contribution in [2.24, 2.45) is 11.8 Å². The van der Waals surface area contributed by atoms with Crippen molar-refractivity contribution in [3.63, 3.8) is 0 Å². The number of fused-ring (bicyclic) bond motifs is 1. The highest BCUT2D eigenvalue weighted by molar-refractivity contribution is 5.99. The van der Waals surface area contributed by atoms with E-state index in [1.807, 2.05) is 0 Å². The molecular weight excluding hydrogens is 397 g/mol. The molecule has 1 aromatic carbocycles. The van der Waals surface area contributed by atoms with Gasteiger partial charge in [0.15, 0.2) is 5.65 Å². The van der Waals surface area contributed by atoms with Crippen LogP contribution in [0.3, 0.4) is 0 Å². The summed E-state index contributed by atoms with van der Waals surface area (Å²) in [5, 5.41) is 5.81. The van der Waals surface area contributed by atoms with Gasteiger partial charge in [0.1, 0.15) is 11.4 Å². The number of carbonyl (C=O) groups is 1. The second-order valence-electron chi connectivity index (χ2n) is 8.68. The van der Waals surface area contributed by atoms with E-state index in [0.717, 1.165) is 32.5 Å². The molecule has 0 aliphatic carbocycles. The number of amides is 1. The molecule has 1 amide bonds. The molecule has 31 heavy (non-hydrogen) atoms. The minimum absolute atomic E-state index is 0.258. The number of aromatic amines is 1. The summed E-state index contributed by atoms with van der Waals surface area (Å²) in [6.07, 6.45) is 3.62. The van der Waals surface area contributed by atoms with E-state index in [4.69, 9.17) is 0 Å². The fourth-order valence-corrected chi connectivity index (χ4v) is 4.14. The highest BCUT2D eigenvalue weighted by Gasteiger charge is 2.22. The van der Waals surface area contributed by atoms with E-state index >= 15 is 0 Å². The van der Waals surface area contributed by atoms with Crippen LogP contribution in [0.2, 0.25) is 0 Å². The molecule has 7 nitrogen and oxygen atoms in total. The SMILES string of the molecule is CC(C)CN1CCC(CNC(=O)c2c[nH]n3c(=O)cc(-c4ccc(F)cc4)nc23)CC1. The highest BCUT2D eigenvalue weighted by atomic mass is 19.1. The van der Waals surface area contributed by atoms with Crippen LogP contribution in [0.1, 0.15) is 37.0 Å². The summed E-state index contributed by atoms with van der Waals surface area (Å²) >= 11 is 0. The summed E-state index contributed by atoms with van der Waals surface area (Å²) in [4.78, 5) is 32.3. The number of nitrogens with one attached hydrogen (secondary N) is 2. The Bertz CT molecular complexity index is 1110. The number of carbonyl (C=O) groups excluding carboxylic acids is 1. The number of piperidine rings is 1. The number of nitrogens with zero attached hydrogens (tertiary/aromatic N) is 3. The fraction of sp³-hybridized carbons (Fsp3) is 0.435. The molecule has 1 aliphatic heterocycles. The van der Waals surface area contributed by atoms with Gasteiger partial charge in [0.05, 0.1) is 5.69 Å². The average molecular weight is 426 g/mol. The van der Waals surface area contributed by atoms with Gasteiger partial charge in [-0.15, -0.1) is 0 Å². The molecule has 0 radical (unpaired) electrons. The first kappa shape index (κ1) is 21.2. The molecule has 2 aromatic heterocycles. The Hall–Kier alpha value is -3.00. The Morgan fingerprint density at radius 3 is 2.65 bits per heavy atom. The summed E-state index contributed by atoms with van der Waals surface area (Å²) in [7, 11) is 0. The van der Waals surface area contributed by atoms with Crippen molar-refractivity contribution in [1.82, 2.24) is 24.8 Å². The lowest BCUT2D eigenvalue weighted by molar-refractivity contribution is 0.0936. The molecule has 0 unspecified atom stereocenters. The zero-order valence-corrected chi connectivity index (χ0v) is 17.9. The van der Waals surface area contributed by atoms with Gasteiger partial charge in [-0.3, -0.25) is 14.7 Å². The van der Waals surface area contributed by atoms with Gasteiger partial charge in [-0.1, -0.05) is 13.8 Å². The van der Waals surface area contributed by atoms with Crippen LogP contribution in [0.15, 0.2) is 41.3 Å². The summed E-state index contributed by atoms with van der Waals surface area (Å²) in [5.41, 5.74) is 1.26. The maximum Gasteiger partial charge on any atom is 0.273 e. The van der Waals surface area contributed by atoms with Gasteiger partial charge in [-0.25, -0.2) is 13.9 Å². The number of hydrogen-bond donors (Lipinski definition) is 2. The van der Waals surface area contributed by atoms with Gasteiger partial charge in [-0.05, 0) is 62.0 Å². The van der Waals surface area contributed by atoms with Crippen molar-refractivity contribution in [2.45, 2.75) is 26.7 Å². The maximum atomic E-state index is 13.2. The van der Waals surface area contributed by atoms with Gasteiger partial charge in [0.25, 0.3) is 11.5 Å². The minimum Gasteiger partial charge on any atom is -0.352 e. The fourth-order valence-electron chi connectivity index (χ4n) is 4.14. The summed E-state index contributed by atoms with van der Waals surface area (Å²) in [5.74, 6) is 0.488. The lowest BCUT2D eigenvalue weighted by Gasteiger charge is -2.33. The van der Waals surface area contributed by atoms with E-state index in [9.17, 15) is 14.0 Å². The van der Waals surface area contributed by atoms with E-state index < -0.39 is 0 Å². The molecule has 4 rings (SSSR count). The Morgan fingerprint density at radius 1 is 1.26 bits per heavy atom. The van der Waals surface area contributed by atoms with Crippen LogP contribution in [0.4, 0.5) is 4.39 Å². The average Bonchev–Trinajstić information content (AvgIpc) is 3.18. The molecule has 8 heteroatoms. The van der Waals surface area contributed by atoms with Gasteiger partial charge >= 0.3 is 0 Å². The normalized spacial score (nSPS) is 15.6. The van der Waals surface area contributed by atoms with E-state index in [0.29, 0.717) is 35.2 Å². The van der Waals surface area contributed by atoms with Gasteiger partial charge < -0.3 is 10.2 Å². The number of hydrogen-bond acceptors (Lipinski definition) is 4. The van der Waals surface area contributed by atoms with E-state index in [1.165, 1.54) is 28.9 Å². The zero-order valence-electron chi connectivity index (χ0n) is 17.9. The third-order valence-corrected chi connectivity index (χ3v) is 5.76. The Kier molecular flexibility index (Phi) is 6.18. The van der Waals surface area contributed by atoms with Crippen molar-refractivity contribution in [2.75, 3.05) is 26.2 Å². The second-order valence-corrected chi connectivity index (χ2v) is 8.68. The largest absolute Gasteiger partial charge is 0.352 e. The first-order valence-corrected chi connectivity index (χ1v) is 10.8. The molecule has 0 spiro atoms. The molecule has 164 valence electrons. The van der Waals surface area contributed by atoms with E-state index in [1.54, 1.807) is 12.1 Å². The summed E-state index contributed by atoms with van der Waals surface area (Å²) < 4.78 is 14.5. The predicted octanol–water partition coefficient (Wildman–Crippen LogP) is 2.93. The minimum atomic E-state index is -0.363. The Labute approximate surface area is 180 Å². The molecule has 3 aromatic rings. The lowest BCUT2D eigenvalue weighted by Crippen LogP contribution is -2.40. The number of H-pyrrole nitrogens is 1. The second kappa shape index (κ2) is 9.01. The topological polar surface area (TPSA) is 82.5 Å². The van der Waals surface area contributed by atoms with Crippen molar-refractivity contribution >= 4 is 11.6 Å². The number of halogens is 1. The monoisotopic (exact) mass is 425 g/mol. The predicted molar refractivity (Wildman–Crippen MR) is 118 cm³/mol. The van der Waals surface area contributed by atoms with Crippen LogP contribution in [-0.4, -0.2) is 51.6 Å². The van der Waals surface area contributed by atoms with Gasteiger partial charge in [0, 0.05) is 30.9 Å². The van der Waals surface area contributed by atoms with Crippen molar-refractivity contribution < 1.29 is 9.18 Å². The Balaban J connectivity index is 1.46. The van der Waals surface area contributed by atoms with E-state index in [2.05, 4.69) is 34.1 Å². The molecule has 2 N–H and O–H groups in total. The lowest BCUT2D eigenvalue weighted by atomic mass is 9.96. The molecule has 0 bridgehead atoms. The highest BCUT2D eigenvalue weighted by Crippen LogP contribution is 2.19. The quantitative estimate of drug-likeness (QED) is 0.636. The molecule has 0 atom stereocenters. The van der Waals surface area contributed by atoms with Crippen LogP contribution >= 0.6 is 0 Å². The number of benzene rings is 1. The molecule has 1 fully saturated rings.